The zero-order valence-corrected chi connectivity index (χ0v) is 9.91. The fraction of sp³-hybridized carbons (Fsp3) is 1.00. The zero-order valence-electron chi connectivity index (χ0n) is 9.91. The van der Waals surface area contributed by atoms with Gasteiger partial charge in [0.2, 0.25) is 0 Å². The highest BCUT2D eigenvalue weighted by atomic mass is 16.5. The van der Waals surface area contributed by atoms with E-state index in [1.165, 1.54) is 13.0 Å². The summed E-state index contributed by atoms with van der Waals surface area (Å²) in [4.78, 5) is 4.80. The lowest BCUT2D eigenvalue weighted by atomic mass is 10.1. The minimum atomic E-state index is 0.398. The van der Waals surface area contributed by atoms with Crippen LogP contribution in [0.15, 0.2) is 0 Å². The van der Waals surface area contributed by atoms with Gasteiger partial charge in [-0.3, -0.25) is 4.90 Å². The molecule has 0 radical (unpaired) electrons. The summed E-state index contributed by atoms with van der Waals surface area (Å²) in [6.45, 7) is 6.49. The molecule has 1 N–H and O–H groups in total. The molecule has 1 unspecified atom stereocenters. The highest BCUT2D eigenvalue weighted by Gasteiger charge is 2.28. The maximum Gasteiger partial charge on any atom is 0.0829 e. The second-order valence-electron chi connectivity index (χ2n) is 4.90. The number of nitrogens with one attached hydrogen (secondary N) is 1. The van der Waals surface area contributed by atoms with E-state index in [1.807, 2.05) is 0 Å². The van der Waals surface area contributed by atoms with Gasteiger partial charge in [0.05, 0.1) is 12.7 Å². The summed E-state index contributed by atoms with van der Waals surface area (Å²) in [6.07, 6.45) is 1.70. The van der Waals surface area contributed by atoms with Crippen molar-refractivity contribution in [1.82, 2.24) is 15.1 Å². The van der Waals surface area contributed by atoms with Crippen LogP contribution in [0.25, 0.3) is 0 Å². The average molecular weight is 213 g/mol. The van der Waals surface area contributed by atoms with Gasteiger partial charge in [-0.15, -0.1) is 0 Å². The largest absolute Gasteiger partial charge is 0.374 e. The number of rotatable bonds is 3. The van der Waals surface area contributed by atoms with Crippen LogP contribution in [-0.2, 0) is 4.74 Å². The highest BCUT2D eigenvalue weighted by Crippen LogP contribution is 2.13. The molecule has 0 aromatic heterocycles. The van der Waals surface area contributed by atoms with Gasteiger partial charge in [0.15, 0.2) is 0 Å². The summed E-state index contributed by atoms with van der Waals surface area (Å²) < 4.78 is 5.77. The molecular weight excluding hydrogens is 190 g/mol. The van der Waals surface area contributed by atoms with Crippen LogP contribution in [0, 0.1) is 0 Å². The van der Waals surface area contributed by atoms with E-state index in [0.717, 1.165) is 38.8 Å². The molecule has 2 aliphatic rings. The summed E-state index contributed by atoms with van der Waals surface area (Å²) in [5.74, 6) is 0. The van der Waals surface area contributed by atoms with E-state index in [9.17, 15) is 0 Å². The van der Waals surface area contributed by atoms with Crippen LogP contribution in [0.3, 0.4) is 0 Å². The van der Waals surface area contributed by atoms with Gasteiger partial charge >= 0.3 is 0 Å². The molecule has 88 valence electrons. The zero-order chi connectivity index (χ0) is 10.7. The third kappa shape index (κ3) is 3.14. The van der Waals surface area contributed by atoms with Crippen molar-refractivity contribution < 1.29 is 4.74 Å². The number of hydrogen-bond acceptors (Lipinski definition) is 4. The molecule has 2 heterocycles. The molecule has 2 rings (SSSR count). The Bertz CT molecular complexity index is 192. The first-order valence-electron chi connectivity index (χ1n) is 5.97. The molecule has 0 saturated carbocycles. The summed E-state index contributed by atoms with van der Waals surface area (Å²) in [6, 6.07) is 0.749. The summed E-state index contributed by atoms with van der Waals surface area (Å²) >= 11 is 0. The molecule has 0 spiro atoms. The Morgan fingerprint density at radius 3 is 3.00 bits per heavy atom. The van der Waals surface area contributed by atoms with Crippen molar-refractivity contribution in [2.75, 3.05) is 53.4 Å². The van der Waals surface area contributed by atoms with Crippen molar-refractivity contribution in [3.63, 3.8) is 0 Å². The molecule has 4 heteroatoms. The smallest absolute Gasteiger partial charge is 0.0829 e. The van der Waals surface area contributed by atoms with Crippen molar-refractivity contribution in [2.24, 2.45) is 0 Å². The molecule has 4 nitrogen and oxygen atoms in total. The van der Waals surface area contributed by atoms with Gasteiger partial charge in [-0.2, -0.15) is 0 Å². The third-order valence-electron chi connectivity index (χ3n) is 3.29. The number of morpholine rings is 1. The van der Waals surface area contributed by atoms with E-state index in [1.54, 1.807) is 0 Å². The molecule has 0 aromatic rings. The van der Waals surface area contributed by atoms with Crippen LogP contribution in [0.2, 0.25) is 0 Å². The molecule has 0 amide bonds. The van der Waals surface area contributed by atoms with E-state index in [-0.39, 0.29) is 0 Å². The number of likely N-dealkylation sites (N-methyl/N-ethyl adjacent to an activating group) is 1. The molecule has 2 saturated heterocycles. The Morgan fingerprint density at radius 2 is 2.33 bits per heavy atom. The normalized spacial score (nSPS) is 33.8. The number of nitrogens with zero attached hydrogens (tertiary/aromatic N) is 2. The molecule has 2 atom stereocenters. The molecule has 15 heavy (non-hydrogen) atoms. The lowest BCUT2D eigenvalue weighted by Gasteiger charge is -2.37. The van der Waals surface area contributed by atoms with Crippen LogP contribution in [0.5, 0.6) is 0 Å². The number of ether oxygens (including phenoxy) is 1. The van der Waals surface area contributed by atoms with E-state index >= 15 is 0 Å². The fourth-order valence-electron chi connectivity index (χ4n) is 2.54. The lowest BCUT2D eigenvalue weighted by molar-refractivity contribution is -0.0491. The molecule has 2 aliphatic heterocycles. The Labute approximate surface area is 92.6 Å². The van der Waals surface area contributed by atoms with Gasteiger partial charge in [0.1, 0.15) is 0 Å². The second kappa shape index (κ2) is 5.25. The third-order valence-corrected chi connectivity index (χ3v) is 3.29. The monoisotopic (exact) mass is 213 g/mol. The predicted molar refractivity (Wildman–Crippen MR) is 61.1 cm³/mol. The Hall–Kier alpha value is -0.160. The van der Waals surface area contributed by atoms with Crippen molar-refractivity contribution in [2.45, 2.75) is 18.6 Å². The fourth-order valence-corrected chi connectivity index (χ4v) is 2.54. The van der Waals surface area contributed by atoms with Crippen molar-refractivity contribution >= 4 is 0 Å². The van der Waals surface area contributed by atoms with Gasteiger partial charge in [0, 0.05) is 32.2 Å². The minimum Gasteiger partial charge on any atom is -0.374 e. The van der Waals surface area contributed by atoms with Gasteiger partial charge in [-0.1, -0.05) is 0 Å². The van der Waals surface area contributed by atoms with Crippen LogP contribution < -0.4 is 5.32 Å². The van der Waals surface area contributed by atoms with Gasteiger partial charge in [-0.05, 0) is 27.1 Å². The SMILES string of the molecule is CN(C)CC1CN([C@@H]2CCNC2)CCO1. The first-order chi connectivity index (χ1) is 7.25. The first kappa shape index (κ1) is 11.3. The summed E-state index contributed by atoms with van der Waals surface area (Å²) in [5.41, 5.74) is 0. The first-order valence-corrected chi connectivity index (χ1v) is 5.97. The van der Waals surface area contributed by atoms with Crippen LogP contribution in [0.4, 0.5) is 0 Å². The van der Waals surface area contributed by atoms with E-state index in [2.05, 4.69) is 29.2 Å². The van der Waals surface area contributed by atoms with Gasteiger partial charge in [-0.25, -0.2) is 0 Å². The van der Waals surface area contributed by atoms with E-state index in [0.29, 0.717) is 6.10 Å². The van der Waals surface area contributed by atoms with E-state index < -0.39 is 0 Å². The van der Waals surface area contributed by atoms with Crippen LogP contribution >= 0.6 is 0 Å². The van der Waals surface area contributed by atoms with Crippen molar-refractivity contribution in [3.8, 4) is 0 Å². The minimum absolute atomic E-state index is 0.398. The molecular formula is C11H23N3O. The van der Waals surface area contributed by atoms with Crippen molar-refractivity contribution in [3.05, 3.63) is 0 Å². The standard InChI is InChI=1S/C11H23N3O/c1-13(2)8-11-9-14(5-6-15-11)10-3-4-12-7-10/h10-12H,3-9H2,1-2H3/t10-,11?/m1/s1. The quantitative estimate of drug-likeness (QED) is 0.691. The predicted octanol–water partition coefficient (Wildman–Crippen LogP) is -0.389. The molecule has 0 aromatic carbocycles. The number of hydrogen-bond donors (Lipinski definition) is 1. The van der Waals surface area contributed by atoms with Crippen molar-refractivity contribution in [1.29, 1.82) is 0 Å². The average Bonchev–Trinajstić information content (AvgIpc) is 2.69. The maximum absolute atomic E-state index is 5.77. The second-order valence-corrected chi connectivity index (χ2v) is 4.90. The summed E-state index contributed by atoms with van der Waals surface area (Å²) in [5, 5.41) is 3.43. The van der Waals surface area contributed by atoms with E-state index in [4.69, 9.17) is 4.74 Å². The Kier molecular flexibility index (Phi) is 3.97. The van der Waals surface area contributed by atoms with Gasteiger partial charge in [0.25, 0.3) is 0 Å². The topological polar surface area (TPSA) is 27.7 Å². The molecule has 0 aliphatic carbocycles. The Balaban J connectivity index is 1.80. The molecule has 2 fully saturated rings. The Morgan fingerprint density at radius 1 is 1.47 bits per heavy atom. The molecule has 0 bridgehead atoms. The highest BCUT2D eigenvalue weighted by molar-refractivity contribution is 4.84. The lowest BCUT2D eigenvalue weighted by Crippen LogP contribution is -2.50. The van der Waals surface area contributed by atoms with Crippen LogP contribution in [0.1, 0.15) is 6.42 Å². The van der Waals surface area contributed by atoms with Crippen LogP contribution in [-0.4, -0.2) is 75.4 Å². The maximum atomic E-state index is 5.77. The summed E-state index contributed by atoms with van der Waals surface area (Å²) in [7, 11) is 4.22. The van der Waals surface area contributed by atoms with Gasteiger partial charge < -0.3 is 15.0 Å².